The highest BCUT2D eigenvalue weighted by atomic mass is 79.9. The van der Waals surface area contributed by atoms with E-state index in [0.717, 1.165) is 16.5 Å². The SMILES string of the molecule is CCCN=C1NC(=O)C(C)(c2ccc(Br)cc2Cl)N1. The van der Waals surface area contributed by atoms with Gasteiger partial charge in [0.1, 0.15) is 5.54 Å². The highest BCUT2D eigenvalue weighted by molar-refractivity contribution is 9.10. The van der Waals surface area contributed by atoms with E-state index in [1.54, 1.807) is 13.0 Å². The van der Waals surface area contributed by atoms with Crippen molar-refractivity contribution < 1.29 is 4.79 Å². The average Bonchev–Trinajstić information content (AvgIpc) is 2.63. The van der Waals surface area contributed by atoms with E-state index in [0.29, 0.717) is 17.5 Å². The maximum Gasteiger partial charge on any atom is 0.256 e. The summed E-state index contributed by atoms with van der Waals surface area (Å²) in [4.78, 5) is 16.5. The van der Waals surface area contributed by atoms with E-state index in [1.807, 2.05) is 19.1 Å². The number of halogens is 2. The molecule has 0 spiro atoms. The molecule has 1 aromatic carbocycles. The molecule has 1 aliphatic rings. The second kappa shape index (κ2) is 5.51. The maximum atomic E-state index is 12.2. The number of nitrogens with zero attached hydrogens (tertiary/aromatic N) is 1. The molecule has 2 rings (SSSR count). The van der Waals surface area contributed by atoms with E-state index < -0.39 is 5.54 Å². The number of nitrogens with one attached hydrogen (secondary N) is 2. The number of hydrogen-bond donors (Lipinski definition) is 2. The van der Waals surface area contributed by atoms with Crippen molar-refractivity contribution in [1.82, 2.24) is 10.6 Å². The summed E-state index contributed by atoms with van der Waals surface area (Å²) in [5.41, 5.74) is -0.152. The van der Waals surface area contributed by atoms with E-state index in [1.165, 1.54) is 0 Å². The van der Waals surface area contributed by atoms with E-state index >= 15 is 0 Å². The fourth-order valence-corrected chi connectivity index (χ4v) is 2.81. The summed E-state index contributed by atoms with van der Waals surface area (Å²) in [6, 6.07) is 5.47. The van der Waals surface area contributed by atoms with Crippen LogP contribution in [0.25, 0.3) is 0 Å². The number of carbonyl (C=O) groups is 1. The van der Waals surface area contributed by atoms with Crippen LogP contribution in [0.15, 0.2) is 27.7 Å². The van der Waals surface area contributed by atoms with Gasteiger partial charge in [0.2, 0.25) is 0 Å². The summed E-state index contributed by atoms with van der Waals surface area (Å²) in [6.07, 6.45) is 0.927. The number of benzene rings is 1. The predicted octanol–water partition coefficient (Wildman–Crippen LogP) is 2.80. The van der Waals surface area contributed by atoms with Gasteiger partial charge in [-0.05, 0) is 25.5 Å². The second-order valence-corrected chi connectivity index (χ2v) is 5.88. The van der Waals surface area contributed by atoms with Crippen LogP contribution in [0.3, 0.4) is 0 Å². The molecule has 0 aliphatic carbocycles. The van der Waals surface area contributed by atoms with Gasteiger partial charge in [-0.15, -0.1) is 0 Å². The van der Waals surface area contributed by atoms with Crippen molar-refractivity contribution in [2.24, 2.45) is 4.99 Å². The van der Waals surface area contributed by atoms with E-state index in [4.69, 9.17) is 11.6 Å². The normalized spacial score (nSPS) is 24.4. The van der Waals surface area contributed by atoms with Gasteiger partial charge in [0.25, 0.3) is 5.91 Å². The molecule has 1 saturated heterocycles. The first-order valence-corrected chi connectivity index (χ1v) is 7.24. The van der Waals surface area contributed by atoms with Crippen LogP contribution >= 0.6 is 27.5 Å². The van der Waals surface area contributed by atoms with Crippen molar-refractivity contribution in [3.8, 4) is 0 Å². The van der Waals surface area contributed by atoms with Crippen LogP contribution in [-0.2, 0) is 10.3 Å². The highest BCUT2D eigenvalue weighted by Gasteiger charge is 2.43. The lowest BCUT2D eigenvalue weighted by atomic mass is 9.92. The summed E-state index contributed by atoms with van der Waals surface area (Å²) in [5.74, 6) is 0.361. The molecule has 1 fully saturated rings. The number of aliphatic imine (C=N–C) groups is 1. The van der Waals surface area contributed by atoms with Crippen LogP contribution in [-0.4, -0.2) is 18.4 Å². The molecular weight excluding hydrogens is 330 g/mol. The summed E-state index contributed by atoms with van der Waals surface area (Å²) in [7, 11) is 0. The zero-order chi connectivity index (χ0) is 14.0. The van der Waals surface area contributed by atoms with Crippen LogP contribution < -0.4 is 10.6 Å². The van der Waals surface area contributed by atoms with Crippen molar-refractivity contribution in [2.45, 2.75) is 25.8 Å². The van der Waals surface area contributed by atoms with Gasteiger partial charge in [0.05, 0.1) is 0 Å². The van der Waals surface area contributed by atoms with Crippen LogP contribution in [0.1, 0.15) is 25.8 Å². The first-order valence-electron chi connectivity index (χ1n) is 6.07. The van der Waals surface area contributed by atoms with Gasteiger partial charge in [0.15, 0.2) is 5.96 Å². The minimum atomic E-state index is -0.885. The Morgan fingerprint density at radius 3 is 2.84 bits per heavy atom. The van der Waals surface area contributed by atoms with E-state index in [-0.39, 0.29) is 5.91 Å². The van der Waals surface area contributed by atoms with Gasteiger partial charge in [-0.3, -0.25) is 15.1 Å². The molecule has 1 amide bonds. The van der Waals surface area contributed by atoms with Crippen LogP contribution in [0, 0.1) is 0 Å². The lowest BCUT2D eigenvalue weighted by Crippen LogP contribution is -2.41. The lowest BCUT2D eigenvalue weighted by Gasteiger charge is -2.23. The van der Waals surface area contributed by atoms with Crippen LogP contribution in [0.4, 0.5) is 0 Å². The van der Waals surface area contributed by atoms with Crippen molar-refractivity contribution >= 4 is 39.4 Å². The second-order valence-electron chi connectivity index (χ2n) is 4.56. The van der Waals surface area contributed by atoms with Gasteiger partial charge < -0.3 is 5.32 Å². The molecule has 1 unspecified atom stereocenters. The summed E-state index contributed by atoms with van der Waals surface area (Å²) >= 11 is 9.58. The minimum absolute atomic E-state index is 0.147. The lowest BCUT2D eigenvalue weighted by molar-refractivity contribution is -0.123. The third-order valence-corrected chi connectivity index (χ3v) is 3.82. The fourth-order valence-electron chi connectivity index (χ4n) is 1.94. The fraction of sp³-hybridized carbons (Fsp3) is 0.385. The Morgan fingerprint density at radius 1 is 1.47 bits per heavy atom. The monoisotopic (exact) mass is 343 g/mol. The number of hydrogen-bond acceptors (Lipinski definition) is 2. The highest BCUT2D eigenvalue weighted by Crippen LogP contribution is 2.32. The Balaban J connectivity index is 2.35. The van der Waals surface area contributed by atoms with Gasteiger partial charge in [0, 0.05) is 21.6 Å². The quantitative estimate of drug-likeness (QED) is 0.886. The summed E-state index contributed by atoms with van der Waals surface area (Å²) < 4.78 is 0.878. The van der Waals surface area contributed by atoms with Crippen molar-refractivity contribution in [3.05, 3.63) is 33.3 Å². The standard InChI is InChI=1S/C13H15BrClN3O/c1-3-6-16-12-17-11(19)13(2,18-12)9-5-4-8(14)7-10(9)15/h4-5,7H,3,6H2,1-2H3,(H2,16,17,18,19). The van der Waals surface area contributed by atoms with E-state index in [9.17, 15) is 4.79 Å². The molecule has 0 saturated carbocycles. The zero-order valence-electron chi connectivity index (χ0n) is 10.8. The molecule has 0 aromatic heterocycles. The van der Waals surface area contributed by atoms with Crippen molar-refractivity contribution in [2.75, 3.05) is 6.54 Å². The third kappa shape index (κ3) is 2.77. The summed E-state index contributed by atoms with van der Waals surface area (Å²) in [5, 5.41) is 6.41. The molecule has 6 heteroatoms. The molecule has 1 atom stereocenters. The molecule has 19 heavy (non-hydrogen) atoms. The first kappa shape index (κ1) is 14.3. The van der Waals surface area contributed by atoms with Crippen molar-refractivity contribution in [3.63, 3.8) is 0 Å². The van der Waals surface area contributed by atoms with Gasteiger partial charge in [-0.25, -0.2) is 0 Å². The van der Waals surface area contributed by atoms with E-state index in [2.05, 4.69) is 31.6 Å². The van der Waals surface area contributed by atoms with Crippen LogP contribution in [0.5, 0.6) is 0 Å². The molecule has 1 aromatic rings. The maximum absolute atomic E-state index is 12.2. The molecule has 1 heterocycles. The Kier molecular flexibility index (Phi) is 4.16. The Hall–Kier alpha value is -1.07. The molecule has 1 aliphatic heterocycles. The van der Waals surface area contributed by atoms with Gasteiger partial charge >= 0.3 is 0 Å². The number of rotatable bonds is 3. The molecule has 2 N–H and O–H groups in total. The van der Waals surface area contributed by atoms with Crippen molar-refractivity contribution in [1.29, 1.82) is 0 Å². The van der Waals surface area contributed by atoms with Gasteiger partial charge in [-0.1, -0.05) is 40.5 Å². The van der Waals surface area contributed by atoms with Gasteiger partial charge in [-0.2, -0.15) is 0 Å². The Labute approximate surface area is 125 Å². The topological polar surface area (TPSA) is 53.5 Å². The predicted molar refractivity (Wildman–Crippen MR) is 80.4 cm³/mol. The average molecular weight is 345 g/mol. The smallest absolute Gasteiger partial charge is 0.256 e. The first-order chi connectivity index (χ1) is 8.97. The zero-order valence-corrected chi connectivity index (χ0v) is 13.1. The largest absolute Gasteiger partial charge is 0.338 e. The third-order valence-electron chi connectivity index (χ3n) is 3.02. The minimum Gasteiger partial charge on any atom is -0.338 e. The number of guanidine groups is 1. The number of carbonyl (C=O) groups excluding carboxylic acids is 1. The Bertz CT molecular complexity index is 547. The van der Waals surface area contributed by atoms with Crippen LogP contribution in [0.2, 0.25) is 5.02 Å². The number of amides is 1. The molecule has 0 bridgehead atoms. The molecule has 0 radical (unpaired) electrons. The molecule has 102 valence electrons. The molecule has 4 nitrogen and oxygen atoms in total. The molecular formula is C13H15BrClN3O. The summed E-state index contributed by atoms with van der Waals surface area (Å²) in [6.45, 7) is 4.50. The Morgan fingerprint density at radius 2 is 2.21 bits per heavy atom.